The molecule has 5 nitrogen and oxygen atoms in total. The summed E-state index contributed by atoms with van der Waals surface area (Å²) in [5, 5.41) is 14.8. The molecule has 1 heterocycles. The second-order valence-electron chi connectivity index (χ2n) is 4.72. The largest absolute Gasteiger partial charge is 0.478 e. The van der Waals surface area contributed by atoms with Gasteiger partial charge in [-0.3, -0.25) is 4.79 Å². The van der Waals surface area contributed by atoms with Gasteiger partial charge in [-0.2, -0.15) is 0 Å². The van der Waals surface area contributed by atoms with Gasteiger partial charge in [0.25, 0.3) is 0 Å². The van der Waals surface area contributed by atoms with Crippen LogP contribution in [0.15, 0.2) is 24.3 Å². The molecule has 0 saturated carbocycles. The molecule has 19 heavy (non-hydrogen) atoms. The van der Waals surface area contributed by atoms with Crippen LogP contribution in [0.2, 0.25) is 0 Å². The van der Waals surface area contributed by atoms with Crippen molar-refractivity contribution in [1.29, 1.82) is 0 Å². The number of nitrogens with one attached hydrogen (secondary N) is 2. The van der Waals surface area contributed by atoms with E-state index in [2.05, 4.69) is 10.6 Å². The molecule has 1 aromatic rings. The molecular formula is C14H18N2O3. The molecule has 1 aliphatic heterocycles. The number of carboxylic acids is 1. The van der Waals surface area contributed by atoms with E-state index in [4.69, 9.17) is 5.11 Å². The minimum Gasteiger partial charge on any atom is -0.478 e. The molecule has 3 N–H and O–H groups in total. The van der Waals surface area contributed by atoms with E-state index in [0.29, 0.717) is 6.54 Å². The Morgan fingerprint density at radius 3 is 2.58 bits per heavy atom. The van der Waals surface area contributed by atoms with E-state index in [1.54, 1.807) is 24.3 Å². The Labute approximate surface area is 112 Å². The van der Waals surface area contributed by atoms with Gasteiger partial charge in [-0.25, -0.2) is 4.79 Å². The van der Waals surface area contributed by atoms with Gasteiger partial charge in [0.1, 0.15) is 0 Å². The van der Waals surface area contributed by atoms with E-state index in [0.717, 1.165) is 31.4 Å². The first kappa shape index (κ1) is 13.5. The second-order valence-corrected chi connectivity index (χ2v) is 4.72. The Balaban J connectivity index is 1.84. The lowest BCUT2D eigenvalue weighted by Crippen LogP contribution is -2.46. The normalized spacial score (nSPS) is 18.8. The number of piperidine rings is 1. The minimum atomic E-state index is -0.943. The number of carboxylic acid groups (broad SMARTS) is 1. The van der Waals surface area contributed by atoms with Crippen LogP contribution in [0.25, 0.3) is 0 Å². The molecule has 5 heteroatoms. The molecule has 0 aliphatic carbocycles. The molecule has 1 amide bonds. The summed E-state index contributed by atoms with van der Waals surface area (Å²) >= 11 is 0. The van der Waals surface area contributed by atoms with E-state index in [1.807, 2.05) is 0 Å². The molecule has 1 aromatic carbocycles. The summed E-state index contributed by atoms with van der Waals surface area (Å²) < 4.78 is 0. The highest BCUT2D eigenvalue weighted by atomic mass is 16.4. The SMILES string of the molecule is O=C(O)c1ccc(CNC(=O)C2CCCCN2)cc1. The number of aromatic carboxylic acids is 1. The zero-order valence-electron chi connectivity index (χ0n) is 10.7. The maximum absolute atomic E-state index is 11.9. The van der Waals surface area contributed by atoms with Crippen LogP contribution in [-0.4, -0.2) is 29.6 Å². The van der Waals surface area contributed by atoms with Crippen LogP contribution in [0.4, 0.5) is 0 Å². The van der Waals surface area contributed by atoms with Crippen LogP contribution in [0.1, 0.15) is 35.2 Å². The smallest absolute Gasteiger partial charge is 0.335 e. The van der Waals surface area contributed by atoms with E-state index < -0.39 is 5.97 Å². The molecule has 1 saturated heterocycles. The molecule has 1 atom stereocenters. The molecule has 0 aromatic heterocycles. The average molecular weight is 262 g/mol. The summed E-state index contributed by atoms with van der Waals surface area (Å²) in [4.78, 5) is 22.6. The summed E-state index contributed by atoms with van der Waals surface area (Å²) in [6.45, 7) is 1.32. The molecule has 2 rings (SSSR count). The van der Waals surface area contributed by atoms with Crippen LogP contribution in [-0.2, 0) is 11.3 Å². The van der Waals surface area contributed by atoms with Crippen molar-refractivity contribution in [3.05, 3.63) is 35.4 Å². The van der Waals surface area contributed by atoms with Gasteiger partial charge in [0.15, 0.2) is 0 Å². The van der Waals surface area contributed by atoms with E-state index in [-0.39, 0.29) is 17.5 Å². The first-order valence-electron chi connectivity index (χ1n) is 6.50. The Kier molecular flexibility index (Phi) is 4.52. The Morgan fingerprint density at radius 2 is 2.00 bits per heavy atom. The van der Waals surface area contributed by atoms with Crippen LogP contribution >= 0.6 is 0 Å². The molecule has 0 bridgehead atoms. The third-order valence-corrected chi connectivity index (χ3v) is 3.29. The third-order valence-electron chi connectivity index (χ3n) is 3.29. The maximum atomic E-state index is 11.9. The minimum absolute atomic E-state index is 0.0158. The highest BCUT2D eigenvalue weighted by molar-refractivity contribution is 5.87. The molecular weight excluding hydrogens is 244 g/mol. The zero-order chi connectivity index (χ0) is 13.7. The van der Waals surface area contributed by atoms with Crippen LogP contribution in [0, 0.1) is 0 Å². The topological polar surface area (TPSA) is 78.4 Å². The fourth-order valence-corrected chi connectivity index (χ4v) is 2.15. The first-order valence-corrected chi connectivity index (χ1v) is 6.50. The third kappa shape index (κ3) is 3.79. The number of hydrogen-bond donors (Lipinski definition) is 3. The van der Waals surface area contributed by atoms with E-state index in [9.17, 15) is 9.59 Å². The van der Waals surface area contributed by atoms with Crippen LogP contribution < -0.4 is 10.6 Å². The molecule has 1 aliphatic rings. The summed E-state index contributed by atoms with van der Waals surface area (Å²) in [5.41, 5.74) is 1.15. The van der Waals surface area contributed by atoms with Crippen molar-refractivity contribution in [2.45, 2.75) is 31.8 Å². The average Bonchev–Trinajstić information content (AvgIpc) is 2.46. The van der Waals surface area contributed by atoms with Crippen molar-refractivity contribution in [3.63, 3.8) is 0 Å². The predicted octanol–water partition coefficient (Wildman–Crippen LogP) is 1.14. The quantitative estimate of drug-likeness (QED) is 0.760. The number of carbonyl (C=O) groups is 2. The van der Waals surface area contributed by atoms with E-state index >= 15 is 0 Å². The second kappa shape index (κ2) is 6.33. The Hall–Kier alpha value is -1.88. The Morgan fingerprint density at radius 1 is 1.26 bits per heavy atom. The van der Waals surface area contributed by atoms with E-state index in [1.165, 1.54) is 0 Å². The number of carbonyl (C=O) groups excluding carboxylic acids is 1. The van der Waals surface area contributed by atoms with Crippen molar-refractivity contribution in [1.82, 2.24) is 10.6 Å². The molecule has 0 radical (unpaired) electrons. The van der Waals surface area contributed by atoms with Crippen molar-refractivity contribution in [2.24, 2.45) is 0 Å². The van der Waals surface area contributed by atoms with Gasteiger partial charge in [0.2, 0.25) is 5.91 Å². The van der Waals surface area contributed by atoms with Gasteiger partial charge in [-0.15, -0.1) is 0 Å². The molecule has 0 spiro atoms. The van der Waals surface area contributed by atoms with Crippen molar-refractivity contribution in [3.8, 4) is 0 Å². The van der Waals surface area contributed by atoms with Gasteiger partial charge in [-0.05, 0) is 37.1 Å². The summed E-state index contributed by atoms with van der Waals surface area (Å²) in [5.74, 6) is -0.927. The van der Waals surface area contributed by atoms with Crippen molar-refractivity contribution >= 4 is 11.9 Å². The number of rotatable bonds is 4. The van der Waals surface area contributed by atoms with Crippen LogP contribution in [0.5, 0.6) is 0 Å². The van der Waals surface area contributed by atoms with Gasteiger partial charge < -0.3 is 15.7 Å². The summed E-state index contributed by atoms with van der Waals surface area (Å²) in [7, 11) is 0. The Bertz CT molecular complexity index is 450. The number of amides is 1. The fourth-order valence-electron chi connectivity index (χ4n) is 2.15. The number of benzene rings is 1. The van der Waals surface area contributed by atoms with Gasteiger partial charge in [-0.1, -0.05) is 18.6 Å². The summed E-state index contributed by atoms with van der Waals surface area (Å²) in [6, 6.07) is 6.44. The highest BCUT2D eigenvalue weighted by Crippen LogP contribution is 2.08. The molecule has 102 valence electrons. The lowest BCUT2D eigenvalue weighted by Gasteiger charge is -2.22. The predicted molar refractivity (Wildman–Crippen MR) is 70.9 cm³/mol. The monoisotopic (exact) mass is 262 g/mol. The molecule has 1 fully saturated rings. The lowest BCUT2D eigenvalue weighted by molar-refractivity contribution is -0.123. The highest BCUT2D eigenvalue weighted by Gasteiger charge is 2.19. The van der Waals surface area contributed by atoms with Gasteiger partial charge in [0.05, 0.1) is 11.6 Å². The fraction of sp³-hybridized carbons (Fsp3) is 0.429. The van der Waals surface area contributed by atoms with Crippen molar-refractivity contribution < 1.29 is 14.7 Å². The molecule has 1 unspecified atom stereocenters. The number of hydrogen-bond acceptors (Lipinski definition) is 3. The standard InChI is InChI=1S/C14H18N2O3/c17-13(12-3-1-2-8-15-12)16-9-10-4-6-11(7-5-10)14(18)19/h4-7,12,15H,1-3,8-9H2,(H,16,17)(H,18,19). The van der Waals surface area contributed by atoms with Gasteiger partial charge >= 0.3 is 5.97 Å². The van der Waals surface area contributed by atoms with Crippen LogP contribution in [0.3, 0.4) is 0 Å². The summed E-state index contributed by atoms with van der Waals surface area (Å²) in [6.07, 6.45) is 3.09. The zero-order valence-corrected chi connectivity index (χ0v) is 10.7. The maximum Gasteiger partial charge on any atom is 0.335 e. The lowest BCUT2D eigenvalue weighted by atomic mass is 10.0. The van der Waals surface area contributed by atoms with Gasteiger partial charge in [0, 0.05) is 6.54 Å². The first-order chi connectivity index (χ1) is 9.16. The van der Waals surface area contributed by atoms with Crippen molar-refractivity contribution in [2.75, 3.05) is 6.54 Å².